The molecule has 3 nitrogen and oxygen atoms in total. The van der Waals surface area contributed by atoms with Crippen LogP contribution in [0, 0.1) is 11.8 Å². The van der Waals surface area contributed by atoms with Crippen molar-refractivity contribution < 1.29 is 27.9 Å². The van der Waals surface area contributed by atoms with Gasteiger partial charge in [0.2, 0.25) is 0 Å². The first kappa shape index (κ1) is 12.9. The Balaban J connectivity index is 4.55. The number of carboxylic acid groups (broad SMARTS) is 1. The molecule has 0 fully saturated rings. The van der Waals surface area contributed by atoms with E-state index < -0.39 is 36.2 Å². The Kier molecular flexibility index (Phi) is 4.09. The van der Waals surface area contributed by atoms with Crippen LogP contribution < -0.4 is 0 Å². The largest absolute Gasteiger partial charge is 0.481 e. The van der Waals surface area contributed by atoms with Crippen LogP contribution in [0.4, 0.5) is 13.2 Å². The minimum absolute atomic E-state index is 0.637. The van der Waals surface area contributed by atoms with Crippen LogP contribution in [0.2, 0.25) is 0 Å². The molecule has 0 bridgehead atoms. The standard InChI is InChI=1S/C8H11F3O3/c1-4(2)6(7(13)14)5(12)3-8(9,10)11/h4,6H,3H2,1-2H3,(H,13,14). The van der Waals surface area contributed by atoms with Crippen LogP contribution >= 0.6 is 0 Å². The normalized spacial score (nSPS) is 14.1. The van der Waals surface area contributed by atoms with Gasteiger partial charge in [0.15, 0.2) is 5.78 Å². The van der Waals surface area contributed by atoms with E-state index in [9.17, 15) is 22.8 Å². The van der Waals surface area contributed by atoms with Gasteiger partial charge < -0.3 is 5.11 Å². The van der Waals surface area contributed by atoms with E-state index in [1.165, 1.54) is 13.8 Å². The SMILES string of the molecule is CC(C)C(C(=O)O)C(=O)CC(F)(F)F. The van der Waals surface area contributed by atoms with Gasteiger partial charge in [-0.2, -0.15) is 13.2 Å². The van der Waals surface area contributed by atoms with Gasteiger partial charge in [-0.25, -0.2) is 0 Å². The van der Waals surface area contributed by atoms with E-state index in [0.29, 0.717) is 0 Å². The fourth-order valence-corrected chi connectivity index (χ4v) is 1.10. The van der Waals surface area contributed by atoms with Gasteiger partial charge in [-0.3, -0.25) is 9.59 Å². The monoisotopic (exact) mass is 212 g/mol. The predicted octanol–water partition coefficient (Wildman–Crippen LogP) is 1.86. The Morgan fingerprint density at radius 3 is 1.93 bits per heavy atom. The molecular weight excluding hydrogens is 201 g/mol. The summed E-state index contributed by atoms with van der Waals surface area (Å²) in [5.41, 5.74) is 0. The average molecular weight is 212 g/mol. The quantitative estimate of drug-likeness (QED) is 0.723. The Morgan fingerprint density at radius 2 is 1.71 bits per heavy atom. The topological polar surface area (TPSA) is 54.4 Å². The van der Waals surface area contributed by atoms with Crippen LogP contribution in [0.1, 0.15) is 20.3 Å². The summed E-state index contributed by atoms with van der Waals surface area (Å²) in [6.07, 6.45) is -6.32. The van der Waals surface area contributed by atoms with Crippen LogP contribution in [0.3, 0.4) is 0 Å². The Labute approximate surface area is 78.9 Å². The summed E-state index contributed by atoms with van der Waals surface area (Å²) in [5, 5.41) is 8.52. The minimum Gasteiger partial charge on any atom is -0.481 e. The second-order valence-electron chi connectivity index (χ2n) is 3.32. The lowest BCUT2D eigenvalue weighted by Gasteiger charge is -2.15. The highest BCUT2D eigenvalue weighted by atomic mass is 19.4. The second kappa shape index (κ2) is 4.43. The van der Waals surface area contributed by atoms with Crippen LogP contribution in [0.5, 0.6) is 0 Å². The summed E-state index contributed by atoms with van der Waals surface area (Å²) in [5.74, 6) is -5.01. The van der Waals surface area contributed by atoms with Gasteiger partial charge in [0.1, 0.15) is 12.3 Å². The van der Waals surface area contributed by atoms with E-state index in [0.717, 1.165) is 0 Å². The Morgan fingerprint density at radius 1 is 1.29 bits per heavy atom. The molecule has 14 heavy (non-hydrogen) atoms. The van der Waals surface area contributed by atoms with E-state index in [-0.39, 0.29) is 0 Å². The van der Waals surface area contributed by atoms with Gasteiger partial charge in [-0.05, 0) is 5.92 Å². The van der Waals surface area contributed by atoms with Crippen molar-refractivity contribution in [3.05, 3.63) is 0 Å². The fourth-order valence-electron chi connectivity index (χ4n) is 1.10. The maximum absolute atomic E-state index is 11.8. The van der Waals surface area contributed by atoms with E-state index in [1.54, 1.807) is 0 Å². The molecule has 0 spiro atoms. The van der Waals surface area contributed by atoms with Crippen LogP contribution in [0.25, 0.3) is 0 Å². The van der Waals surface area contributed by atoms with Crippen LogP contribution in [0.15, 0.2) is 0 Å². The van der Waals surface area contributed by atoms with Crippen molar-refractivity contribution in [3.63, 3.8) is 0 Å². The molecule has 0 aliphatic rings. The molecule has 1 N–H and O–H groups in total. The van der Waals surface area contributed by atoms with Crippen LogP contribution in [-0.2, 0) is 9.59 Å². The van der Waals surface area contributed by atoms with Crippen LogP contribution in [-0.4, -0.2) is 23.0 Å². The van der Waals surface area contributed by atoms with Crippen molar-refractivity contribution in [1.82, 2.24) is 0 Å². The lowest BCUT2D eigenvalue weighted by atomic mass is 9.90. The smallest absolute Gasteiger partial charge is 0.395 e. The summed E-state index contributed by atoms with van der Waals surface area (Å²) in [6.45, 7) is 2.79. The van der Waals surface area contributed by atoms with Crippen molar-refractivity contribution in [2.45, 2.75) is 26.4 Å². The van der Waals surface area contributed by atoms with E-state index in [2.05, 4.69) is 0 Å². The zero-order valence-corrected chi connectivity index (χ0v) is 7.76. The zero-order chi connectivity index (χ0) is 11.5. The lowest BCUT2D eigenvalue weighted by Crippen LogP contribution is -2.31. The number of alkyl halides is 3. The number of hydrogen-bond donors (Lipinski definition) is 1. The highest BCUT2D eigenvalue weighted by Gasteiger charge is 2.38. The molecule has 1 unspecified atom stereocenters. The number of ketones is 1. The number of hydrogen-bond acceptors (Lipinski definition) is 2. The maximum Gasteiger partial charge on any atom is 0.395 e. The first-order chi connectivity index (χ1) is 6.15. The van der Waals surface area contributed by atoms with Gasteiger partial charge in [0, 0.05) is 0 Å². The maximum atomic E-state index is 11.8. The molecule has 0 rings (SSSR count). The zero-order valence-electron chi connectivity index (χ0n) is 7.76. The molecule has 0 radical (unpaired) electrons. The van der Waals surface area contributed by atoms with Gasteiger partial charge in [-0.15, -0.1) is 0 Å². The number of rotatable bonds is 4. The van der Waals surface area contributed by atoms with E-state index >= 15 is 0 Å². The number of carbonyl (C=O) groups is 2. The lowest BCUT2D eigenvalue weighted by molar-refractivity contribution is -0.161. The first-order valence-electron chi connectivity index (χ1n) is 3.97. The van der Waals surface area contributed by atoms with Gasteiger partial charge >= 0.3 is 12.1 Å². The molecular formula is C8H11F3O3. The third-order valence-electron chi connectivity index (χ3n) is 1.65. The molecule has 1 atom stereocenters. The Bertz CT molecular complexity index is 232. The molecule has 6 heteroatoms. The molecule has 0 saturated heterocycles. The van der Waals surface area contributed by atoms with E-state index in [4.69, 9.17) is 5.11 Å². The van der Waals surface area contributed by atoms with Crippen molar-refractivity contribution in [2.75, 3.05) is 0 Å². The summed E-state index contributed by atoms with van der Waals surface area (Å²) < 4.78 is 35.3. The fraction of sp³-hybridized carbons (Fsp3) is 0.750. The van der Waals surface area contributed by atoms with Crippen molar-refractivity contribution in [3.8, 4) is 0 Å². The Hall–Kier alpha value is -1.07. The third-order valence-corrected chi connectivity index (χ3v) is 1.65. The third kappa shape index (κ3) is 4.25. The molecule has 0 aliphatic heterocycles. The highest BCUT2D eigenvalue weighted by molar-refractivity contribution is 5.98. The number of halogens is 3. The molecule has 0 saturated carbocycles. The number of carboxylic acids is 1. The van der Waals surface area contributed by atoms with E-state index in [1.807, 2.05) is 0 Å². The highest BCUT2D eigenvalue weighted by Crippen LogP contribution is 2.24. The number of aliphatic carboxylic acids is 1. The van der Waals surface area contributed by atoms with Crippen molar-refractivity contribution in [2.24, 2.45) is 11.8 Å². The summed E-state index contributed by atoms with van der Waals surface area (Å²) in [7, 11) is 0. The molecule has 0 aromatic heterocycles. The summed E-state index contributed by atoms with van der Waals surface area (Å²) in [4.78, 5) is 21.4. The van der Waals surface area contributed by atoms with Crippen molar-refractivity contribution in [1.29, 1.82) is 0 Å². The molecule has 82 valence electrons. The summed E-state index contributed by atoms with van der Waals surface area (Å²) >= 11 is 0. The van der Waals surface area contributed by atoms with Gasteiger partial charge in [-0.1, -0.05) is 13.8 Å². The molecule has 0 aromatic rings. The second-order valence-corrected chi connectivity index (χ2v) is 3.32. The first-order valence-corrected chi connectivity index (χ1v) is 3.97. The molecule has 0 aromatic carbocycles. The molecule has 0 aliphatic carbocycles. The predicted molar refractivity (Wildman–Crippen MR) is 41.6 cm³/mol. The minimum atomic E-state index is -4.64. The van der Waals surface area contributed by atoms with Gasteiger partial charge in [0.05, 0.1) is 0 Å². The number of Topliss-reactive ketones (excluding diaryl/α,β-unsaturated/α-hetero) is 1. The molecule has 0 amide bonds. The number of carbonyl (C=O) groups excluding carboxylic acids is 1. The summed E-state index contributed by atoms with van der Waals surface area (Å²) in [6, 6.07) is 0. The molecule has 0 heterocycles. The van der Waals surface area contributed by atoms with Crippen molar-refractivity contribution >= 4 is 11.8 Å². The average Bonchev–Trinajstić information content (AvgIpc) is 1.78. The van der Waals surface area contributed by atoms with Gasteiger partial charge in [0.25, 0.3) is 0 Å².